The molecular formula is C21H22N6O3. The molecule has 154 valence electrons. The fourth-order valence-corrected chi connectivity index (χ4v) is 4.11. The number of nitrogens with zero attached hydrogens (tertiary/aromatic N) is 5. The Labute approximate surface area is 173 Å². The number of aromatic nitrogens is 3. The summed E-state index contributed by atoms with van der Waals surface area (Å²) in [7, 11) is 1.61. The number of para-hydroxylation sites is 1. The van der Waals surface area contributed by atoms with E-state index in [0.717, 1.165) is 23.7 Å². The Hall–Kier alpha value is -3.49. The number of hydrogen-bond acceptors (Lipinski definition) is 6. The maximum Gasteiger partial charge on any atom is 0.317 e. The van der Waals surface area contributed by atoms with Crippen LogP contribution in [0.2, 0.25) is 0 Å². The second-order valence-corrected chi connectivity index (χ2v) is 7.69. The van der Waals surface area contributed by atoms with Crippen molar-refractivity contribution in [1.29, 1.82) is 0 Å². The zero-order valence-electron chi connectivity index (χ0n) is 16.6. The molecule has 9 heteroatoms. The Morgan fingerprint density at radius 1 is 1.13 bits per heavy atom. The van der Waals surface area contributed by atoms with Crippen molar-refractivity contribution in [3.8, 4) is 0 Å². The lowest BCUT2D eigenvalue weighted by Gasteiger charge is -2.37. The summed E-state index contributed by atoms with van der Waals surface area (Å²) in [6.07, 6.45) is 1.71. The minimum absolute atomic E-state index is 0.0294. The molecule has 1 aromatic carbocycles. The van der Waals surface area contributed by atoms with Gasteiger partial charge in [0.05, 0.1) is 11.4 Å². The predicted octanol–water partition coefficient (Wildman–Crippen LogP) is 2.33. The number of fused-ring (bicyclic) bond motifs is 1. The van der Waals surface area contributed by atoms with Crippen LogP contribution in [0.4, 0.5) is 4.79 Å². The van der Waals surface area contributed by atoms with Gasteiger partial charge in [-0.15, -0.1) is 0 Å². The number of rotatable bonds is 3. The molecule has 3 aromatic rings. The third-order valence-corrected chi connectivity index (χ3v) is 5.82. The standard InChI is InChI=1S/C21H22N6O3/c1-22-21(29)27-10-4-7-17(27)19-24-18(25-30-19)14-11-26(12-14)20(28)16-9-8-13-5-2-3-6-15(13)23-16/h2-3,5-6,8-9,14,17H,4,7,10-12H2,1H3,(H,22,29). The average Bonchev–Trinajstić information content (AvgIpc) is 3.41. The lowest BCUT2D eigenvalue weighted by Crippen LogP contribution is -2.49. The van der Waals surface area contributed by atoms with Crippen LogP contribution in [0.3, 0.4) is 0 Å². The van der Waals surface area contributed by atoms with E-state index in [1.54, 1.807) is 22.9 Å². The minimum atomic E-state index is -0.189. The van der Waals surface area contributed by atoms with Gasteiger partial charge in [0.25, 0.3) is 5.91 Å². The SMILES string of the molecule is CNC(=O)N1CCCC1c1nc(C2CN(C(=O)c3ccc4ccccc4n3)C2)no1. The van der Waals surface area contributed by atoms with Crippen molar-refractivity contribution < 1.29 is 14.1 Å². The Morgan fingerprint density at radius 3 is 2.80 bits per heavy atom. The van der Waals surface area contributed by atoms with Crippen LogP contribution in [-0.4, -0.2) is 63.5 Å². The summed E-state index contributed by atoms with van der Waals surface area (Å²) in [6.45, 7) is 1.72. The van der Waals surface area contributed by atoms with Gasteiger partial charge in [-0.05, 0) is 25.0 Å². The number of carbonyl (C=O) groups excluding carboxylic acids is 2. The zero-order valence-corrected chi connectivity index (χ0v) is 16.6. The van der Waals surface area contributed by atoms with Crippen LogP contribution >= 0.6 is 0 Å². The summed E-state index contributed by atoms with van der Waals surface area (Å²) in [6, 6.07) is 11.1. The first-order valence-electron chi connectivity index (χ1n) is 10.1. The molecule has 1 N–H and O–H groups in total. The van der Waals surface area contributed by atoms with E-state index < -0.39 is 0 Å². The number of nitrogens with one attached hydrogen (secondary N) is 1. The number of pyridine rings is 1. The largest absolute Gasteiger partial charge is 0.341 e. The monoisotopic (exact) mass is 406 g/mol. The van der Waals surface area contributed by atoms with Crippen molar-refractivity contribution in [2.75, 3.05) is 26.7 Å². The van der Waals surface area contributed by atoms with Crippen LogP contribution in [0.25, 0.3) is 10.9 Å². The first kappa shape index (κ1) is 18.5. The number of likely N-dealkylation sites (tertiary alicyclic amines) is 2. The van der Waals surface area contributed by atoms with E-state index >= 15 is 0 Å². The van der Waals surface area contributed by atoms with Crippen LogP contribution in [0.1, 0.15) is 47.0 Å². The quantitative estimate of drug-likeness (QED) is 0.716. The van der Waals surface area contributed by atoms with Crippen LogP contribution in [0, 0.1) is 0 Å². The van der Waals surface area contributed by atoms with Crippen LogP contribution in [0.15, 0.2) is 40.9 Å². The van der Waals surface area contributed by atoms with Crippen LogP contribution < -0.4 is 5.32 Å². The first-order valence-corrected chi connectivity index (χ1v) is 10.1. The molecule has 1 atom stereocenters. The van der Waals surface area contributed by atoms with Crippen molar-refractivity contribution in [1.82, 2.24) is 30.2 Å². The predicted molar refractivity (Wildman–Crippen MR) is 108 cm³/mol. The zero-order chi connectivity index (χ0) is 20.7. The van der Waals surface area contributed by atoms with Gasteiger partial charge < -0.3 is 19.6 Å². The molecule has 2 aliphatic heterocycles. The summed E-state index contributed by atoms with van der Waals surface area (Å²) < 4.78 is 5.46. The summed E-state index contributed by atoms with van der Waals surface area (Å²) in [5, 5.41) is 7.77. The second kappa shape index (κ2) is 7.40. The third kappa shape index (κ3) is 3.16. The molecular weight excluding hydrogens is 384 g/mol. The molecule has 9 nitrogen and oxygen atoms in total. The van der Waals surface area contributed by atoms with Crippen LogP contribution in [0.5, 0.6) is 0 Å². The molecule has 2 aliphatic rings. The van der Waals surface area contributed by atoms with Gasteiger partial charge in [-0.25, -0.2) is 9.78 Å². The Bertz CT molecular complexity index is 1110. The lowest BCUT2D eigenvalue weighted by molar-refractivity contribution is 0.0586. The van der Waals surface area contributed by atoms with Crippen molar-refractivity contribution in [2.45, 2.75) is 24.8 Å². The van der Waals surface area contributed by atoms with Gasteiger partial charge in [0.15, 0.2) is 5.82 Å². The van der Waals surface area contributed by atoms with Gasteiger partial charge in [-0.2, -0.15) is 4.98 Å². The number of hydrogen-bond donors (Lipinski definition) is 1. The molecule has 4 heterocycles. The lowest BCUT2D eigenvalue weighted by atomic mass is 9.99. The maximum atomic E-state index is 12.8. The number of benzene rings is 1. The summed E-state index contributed by atoms with van der Waals surface area (Å²) in [5.41, 5.74) is 1.24. The van der Waals surface area contributed by atoms with E-state index in [1.807, 2.05) is 30.3 Å². The van der Waals surface area contributed by atoms with E-state index in [4.69, 9.17) is 4.52 Å². The van der Waals surface area contributed by atoms with E-state index in [0.29, 0.717) is 37.0 Å². The van der Waals surface area contributed by atoms with E-state index in [9.17, 15) is 9.59 Å². The van der Waals surface area contributed by atoms with Gasteiger partial charge in [-0.3, -0.25) is 4.79 Å². The van der Waals surface area contributed by atoms with Gasteiger partial charge in [0.2, 0.25) is 5.89 Å². The summed E-state index contributed by atoms with van der Waals surface area (Å²) in [5.74, 6) is 0.986. The fraction of sp³-hybridized carbons (Fsp3) is 0.381. The molecule has 0 bridgehead atoms. The molecule has 5 rings (SSSR count). The molecule has 0 radical (unpaired) electrons. The molecule has 2 aromatic heterocycles. The molecule has 1 unspecified atom stereocenters. The average molecular weight is 406 g/mol. The fourth-order valence-electron chi connectivity index (χ4n) is 4.11. The highest BCUT2D eigenvalue weighted by Crippen LogP contribution is 2.33. The molecule has 0 aliphatic carbocycles. The molecule has 0 spiro atoms. The highest BCUT2D eigenvalue weighted by atomic mass is 16.5. The third-order valence-electron chi connectivity index (χ3n) is 5.82. The van der Waals surface area contributed by atoms with E-state index in [2.05, 4.69) is 20.4 Å². The maximum absolute atomic E-state index is 12.8. The Kier molecular flexibility index (Phi) is 4.57. The van der Waals surface area contributed by atoms with Crippen molar-refractivity contribution in [2.24, 2.45) is 0 Å². The van der Waals surface area contributed by atoms with Crippen molar-refractivity contribution >= 4 is 22.8 Å². The van der Waals surface area contributed by atoms with Gasteiger partial charge in [0.1, 0.15) is 11.7 Å². The van der Waals surface area contributed by atoms with E-state index in [1.165, 1.54) is 0 Å². The highest BCUT2D eigenvalue weighted by Gasteiger charge is 2.38. The molecule has 2 fully saturated rings. The topological polar surface area (TPSA) is 104 Å². The second-order valence-electron chi connectivity index (χ2n) is 7.69. The normalized spacial score (nSPS) is 19.2. The Balaban J connectivity index is 1.24. The van der Waals surface area contributed by atoms with Crippen LogP contribution in [-0.2, 0) is 0 Å². The Morgan fingerprint density at radius 2 is 1.97 bits per heavy atom. The summed E-state index contributed by atoms with van der Waals surface area (Å²) >= 11 is 0. The van der Waals surface area contributed by atoms with Gasteiger partial charge in [-0.1, -0.05) is 29.4 Å². The molecule has 2 saturated heterocycles. The number of urea groups is 1. The highest BCUT2D eigenvalue weighted by molar-refractivity contribution is 5.95. The molecule has 0 saturated carbocycles. The van der Waals surface area contributed by atoms with Gasteiger partial charge >= 0.3 is 6.03 Å². The van der Waals surface area contributed by atoms with E-state index in [-0.39, 0.29) is 23.9 Å². The van der Waals surface area contributed by atoms with Crippen molar-refractivity contribution in [3.63, 3.8) is 0 Å². The first-order chi connectivity index (χ1) is 14.6. The van der Waals surface area contributed by atoms with Gasteiger partial charge in [0, 0.05) is 32.1 Å². The smallest absolute Gasteiger partial charge is 0.317 e. The number of carbonyl (C=O) groups is 2. The summed E-state index contributed by atoms with van der Waals surface area (Å²) in [4.78, 5) is 37.3. The van der Waals surface area contributed by atoms with Crippen molar-refractivity contribution in [3.05, 3.63) is 53.8 Å². The molecule has 3 amide bonds. The minimum Gasteiger partial charge on any atom is -0.341 e. The number of amides is 3. The molecule has 30 heavy (non-hydrogen) atoms.